The van der Waals surface area contributed by atoms with Gasteiger partial charge in [0.1, 0.15) is 29.8 Å². The van der Waals surface area contributed by atoms with Crippen molar-refractivity contribution in [1.29, 1.82) is 0 Å². The van der Waals surface area contributed by atoms with Crippen LogP contribution in [0.5, 0.6) is 0 Å². The molecule has 0 saturated carbocycles. The third kappa shape index (κ3) is 11.5. The van der Waals surface area contributed by atoms with E-state index < -0.39 is 108 Å². The lowest BCUT2D eigenvalue weighted by atomic mass is 9.73. The summed E-state index contributed by atoms with van der Waals surface area (Å²) in [5.41, 5.74) is 4.40. The molecule has 4 aliphatic rings. The number of fused-ring (bicyclic) bond motifs is 1. The number of carbonyl (C=O) groups excluding carboxylic acids is 3. The minimum atomic E-state index is -1.44. The summed E-state index contributed by atoms with van der Waals surface area (Å²) in [4.78, 5) is 47.8. The van der Waals surface area contributed by atoms with Crippen LogP contribution in [0.15, 0.2) is 30.5 Å². The van der Waals surface area contributed by atoms with E-state index in [1.807, 2.05) is 91.0 Å². The largest absolute Gasteiger partial charge is 0.458 e. The van der Waals surface area contributed by atoms with Gasteiger partial charge in [-0.25, -0.2) is 4.79 Å². The number of aromatic nitrogens is 3. The van der Waals surface area contributed by atoms with Crippen molar-refractivity contribution in [2.24, 2.45) is 23.7 Å². The van der Waals surface area contributed by atoms with Crippen LogP contribution in [0.3, 0.4) is 0 Å². The van der Waals surface area contributed by atoms with Crippen LogP contribution in [-0.2, 0) is 54.0 Å². The van der Waals surface area contributed by atoms with Crippen molar-refractivity contribution in [1.82, 2.24) is 24.8 Å². The first-order chi connectivity index (χ1) is 32.9. The Morgan fingerprint density at radius 2 is 1.60 bits per heavy atom. The van der Waals surface area contributed by atoms with E-state index >= 15 is 4.79 Å². The molecule has 1 aromatic carbocycles. The standard InChI is InChI=1S/C51H82N6O13/c1-15-38-51(10)43(57(48(62)70-51)22-17-16-21-56-27-36(53-54-56)34-19-18-20-35(52)24-34)30(4)40(58)28(2)25-50(9,64-14)45(69-47-41(59)37(55(11)12)23-29(3)65-47)31(5)42(32(6)46(61)67-38)68-39-26-49(8,63-13)44(60)33(7)66-39/h18-20,24,27-33,37-39,41-45,47,59-60H,15-17,21-23,25-26,52H2,1-14H3/t28-,29?,30+,31+,32-,33?,37?,38-,39?,41?,42?,43-,44+,45-,47?,49-,50+,51-/m1/s1. The van der Waals surface area contributed by atoms with Gasteiger partial charge in [-0.15, -0.1) is 5.10 Å². The first-order valence-electron chi connectivity index (χ1n) is 25.2. The van der Waals surface area contributed by atoms with Gasteiger partial charge in [0.15, 0.2) is 18.2 Å². The zero-order valence-corrected chi connectivity index (χ0v) is 43.9. The normalized spacial score (nSPS) is 40.2. The van der Waals surface area contributed by atoms with Crippen molar-refractivity contribution >= 4 is 23.5 Å². The molecule has 70 heavy (non-hydrogen) atoms. The fraction of sp³-hybridized carbons (Fsp3) is 0.784. The zero-order valence-electron chi connectivity index (χ0n) is 43.9. The lowest BCUT2D eigenvalue weighted by molar-refractivity contribution is -0.319. The van der Waals surface area contributed by atoms with Crippen molar-refractivity contribution < 1.29 is 62.5 Å². The highest BCUT2D eigenvalue weighted by Crippen LogP contribution is 2.45. The Morgan fingerprint density at radius 3 is 2.24 bits per heavy atom. The monoisotopic (exact) mass is 987 g/mol. The predicted octanol–water partition coefficient (Wildman–Crippen LogP) is 5.23. The van der Waals surface area contributed by atoms with Gasteiger partial charge in [0, 0.05) is 68.8 Å². The van der Waals surface area contributed by atoms with Gasteiger partial charge >= 0.3 is 12.1 Å². The molecular weight excluding hydrogens is 905 g/mol. The first-order valence-corrected chi connectivity index (χ1v) is 25.2. The summed E-state index contributed by atoms with van der Waals surface area (Å²) in [6, 6.07) is 6.30. The SMILES string of the molecule is CC[C@H]1OC(=O)[C@H](C)C(OC2C[C@@](C)(OC)[C@@H](O)C(C)O2)[C@H](C)[C@@H](OC2OC(C)CC(N(C)C)C2O)[C@@](C)(OC)C[C@@H](C)C(=O)[C@H](C)[C@H]2N(CCCCn3cc(-c4cccc(N)c4)nn3)C(=O)O[C@]12C. The Morgan fingerprint density at radius 1 is 0.914 bits per heavy atom. The fourth-order valence-corrected chi connectivity index (χ4v) is 11.7. The Kier molecular flexibility index (Phi) is 17.9. The molecule has 0 radical (unpaired) electrons. The van der Waals surface area contributed by atoms with E-state index in [4.69, 9.17) is 43.6 Å². The van der Waals surface area contributed by atoms with Crippen LogP contribution in [0.4, 0.5) is 10.5 Å². The van der Waals surface area contributed by atoms with Gasteiger partial charge in [-0.05, 0) is 99.9 Å². The molecule has 4 saturated heterocycles. The third-order valence-corrected chi connectivity index (χ3v) is 15.9. The van der Waals surface area contributed by atoms with Crippen molar-refractivity contribution in [3.63, 3.8) is 0 Å². The highest BCUT2D eigenvalue weighted by Gasteiger charge is 2.61. The van der Waals surface area contributed by atoms with E-state index in [1.54, 1.807) is 44.4 Å². The molecule has 19 heteroatoms. The second-order valence-corrected chi connectivity index (χ2v) is 21.4. The number of nitrogens with two attached hydrogens (primary N) is 1. The average Bonchev–Trinajstić information content (AvgIpc) is 3.90. The number of likely N-dealkylation sites (N-methyl/N-ethyl adjacent to an activating group) is 1. The number of ether oxygens (including phenoxy) is 8. The van der Waals surface area contributed by atoms with Crippen LogP contribution in [0, 0.1) is 23.7 Å². The molecule has 4 N–H and O–H groups in total. The Hall–Kier alpha value is -3.79. The molecule has 0 aliphatic carbocycles. The number of hydrogen-bond donors (Lipinski definition) is 3. The highest BCUT2D eigenvalue weighted by molar-refractivity contribution is 5.85. The number of amides is 1. The molecule has 4 aliphatic heterocycles. The number of esters is 1. The lowest BCUT2D eigenvalue weighted by Gasteiger charge is -2.50. The van der Waals surface area contributed by atoms with Crippen LogP contribution in [-0.4, -0.2) is 172 Å². The molecule has 394 valence electrons. The van der Waals surface area contributed by atoms with E-state index in [1.165, 1.54) is 7.11 Å². The summed E-state index contributed by atoms with van der Waals surface area (Å²) in [5.74, 6) is -3.98. The number of aryl methyl sites for hydroxylation is 1. The van der Waals surface area contributed by atoms with Crippen LogP contribution in [0.2, 0.25) is 0 Å². The van der Waals surface area contributed by atoms with Gasteiger partial charge in [-0.1, -0.05) is 45.0 Å². The molecule has 2 aromatic rings. The number of aliphatic hydroxyl groups is 2. The van der Waals surface area contributed by atoms with E-state index in [0.717, 1.165) is 5.56 Å². The number of anilines is 1. The summed E-state index contributed by atoms with van der Waals surface area (Å²) in [6.07, 6.45) is -4.59. The summed E-state index contributed by atoms with van der Waals surface area (Å²) < 4.78 is 53.4. The van der Waals surface area contributed by atoms with Crippen LogP contribution in [0.1, 0.15) is 108 Å². The van der Waals surface area contributed by atoms with E-state index in [9.17, 15) is 19.8 Å². The number of aliphatic hydroxyl groups excluding tert-OH is 2. The van der Waals surface area contributed by atoms with Gasteiger partial charge in [-0.3, -0.25) is 14.3 Å². The van der Waals surface area contributed by atoms with Crippen molar-refractivity contribution in [3.8, 4) is 11.3 Å². The van der Waals surface area contributed by atoms with E-state index in [2.05, 4.69) is 10.3 Å². The Balaban J connectivity index is 1.36. The molecule has 6 rings (SSSR count). The van der Waals surface area contributed by atoms with Gasteiger partial charge < -0.3 is 63.6 Å². The molecule has 19 nitrogen and oxygen atoms in total. The van der Waals surface area contributed by atoms with Crippen molar-refractivity contribution in [2.45, 2.75) is 199 Å². The summed E-state index contributed by atoms with van der Waals surface area (Å²) in [5, 5.41) is 31.6. The maximum absolute atomic E-state index is 15.1. The van der Waals surface area contributed by atoms with Crippen LogP contribution in [0.25, 0.3) is 11.3 Å². The molecule has 7 unspecified atom stereocenters. The molecule has 4 fully saturated rings. The smallest absolute Gasteiger partial charge is 0.410 e. The van der Waals surface area contributed by atoms with Gasteiger partial charge in [0.2, 0.25) is 0 Å². The number of methoxy groups -OCH3 is 2. The highest BCUT2D eigenvalue weighted by atomic mass is 16.7. The summed E-state index contributed by atoms with van der Waals surface area (Å²) in [7, 11) is 6.85. The quantitative estimate of drug-likeness (QED) is 0.125. The third-order valence-electron chi connectivity index (χ3n) is 15.9. The number of ketones is 1. The van der Waals surface area contributed by atoms with Crippen LogP contribution < -0.4 is 5.73 Å². The first kappa shape index (κ1) is 55.5. The number of benzene rings is 1. The van der Waals surface area contributed by atoms with Crippen molar-refractivity contribution in [2.75, 3.05) is 40.6 Å². The molecule has 0 spiro atoms. The minimum Gasteiger partial charge on any atom is -0.458 e. The zero-order chi connectivity index (χ0) is 51.6. The maximum atomic E-state index is 15.1. The maximum Gasteiger partial charge on any atom is 0.410 e. The summed E-state index contributed by atoms with van der Waals surface area (Å²) in [6.45, 7) is 18.9. The van der Waals surface area contributed by atoms with E-state index in [-0.39, 0.29) is 43.7 Å². The molecule has 1 aromatic heterocycles. The van der Waals surface area contributed by atoms with Gasteiger partial charge in [-0.2, -0.15) is 0 Å². The number of carbonyl (C=O) groups is 3. The second-order valence-electron chi connectivity index (χ2n) is 21.4. The number of nitrogen functional groups attached to an aromatic ring is 1. The van der Waals surface area contributed by atoms with Gasteiger partial charge in [0.25, 0.3) is 0 Å². The van der Waals surface area contributed by atoms with E-state index in [0.29, 0.717) is 37.2 Å². The number of rotatable bonds is 14. The van der Waals surface area contributed by atoms with Crippen molar-refractivity contribution in [3.05, 3.63) is 30.5 Å². The molecular formula is C51H82N6O13. The Labute approximate surface area is 414 Å². The number of Topliss-reactive ketones (excluding diaryl/α,β-unsaturated/α-hetero) is 1. The van der Waals surface area contributed by atoms with Gasteiger partial charge in [0.05, 0.1) is 53.8 Å². The summed E-state index contributed by atoms with van der Waals surface area (Å²) >= 11 is 0. The molecule has 18 atom stereocenters. The molecule has 0 bridgehead atoms. The fourth-order valence-electron chi connectivity index (χ4n) is 11.7. The molecule has 1 amide bonds. The second kappa shape index (κ2) is 22.5. The lowest BCUT2D eigenvalue weighted by Crippen LogP contribution is -2.61. The predicted molar refractivity (Wildman–Crippen MR) is 259 cm³/mol. The average molecular weight is 987 g/mol. The number of cyclic esters (lactones) is 1. The Bertz CT molecular complexity index is 2090. The topological polar surface area (TPSA) is 229 Å². The van der Waals surface area contributed by atoms with Crippen LogP contribution >= 0.6 is 0 Å². The molecule has 5 heterocycles. The number of nitrogens with zero attached hydrogens (tertiary/aromatic N) is 5. The number of hydrogen-bond acceptors (Lipinski definition) is 17. The number of unbranched alkanes of at least 4 members (excludes halogenated alkanes) is 1. The minimum absolute atomic E-state index is 0.120.